The summed E-state index contributed by atoms with van der Waals surface area (Å²) in [5.41, 5.74) is 4.05. The molecule has 2 amide bonds. The fourth-order valence-electron chi connectivity index (χ4n) is 4.17. The SMILES string of the molecule is O=C1OC[C@H](Cc2ccccc2)N1C(=O)[C@H](CCC1CC1)CNOC1CCCCO1. The van der Waals surface area contributed by atoms with Gasteiger partial charge in [0.05, 0.1) is 12.0 Å². The van der Waals surface area contributed by atoms with E-state index in [-0.39, 0.29) is 30.8 Å². The van der Waals surface area contributed by atoms with E-state index in [0.717, 1.165) is 37.7 Å². The van der Waals surface area contributed by atoms with Gasteiger partial charge in [0.25, 0.3) is 0 Å². The number of benzene rings is 1. The topological polar surface area (TPSA) is 77.1 Å². The lowest BCUT2D eigenvalue weighted by molar-refractivity contribution is -0.198. The van der Waals surface area contributed by atoms with Gasteiger partial charge in [-0.25, -0.2) is 9.69 Å². The second-order valence-corrected chi connectivity index (χ2v) is 8.61. The minimum Gasteiger partial charge on any atom is -0.447 e. The van der Waals surface area contributed by atoms with Crippen LogP contribution in [0.5, 0.6) is 0 Å². The zero-order chi connectivity index (χ0) is 20.8. The van der Waals surface area contributed by atoms with Gasteiger partial charge in [0, 0.05) is 19.6 Å². The summed E-state index contributed by atoms with van der Waals surface area (Å²) in [4.78, 5) is 32.7. The minimum absolute atomic E-state index is 0.167. The van der Waals surface area contributed by atoms with Crippen LogP contribution in [0.3, 0.4) is 0 Å². The van der Waals surface area contributed by atoms with Crippen molar-refractivity contribution in [1.29, 1.82) is 0 Å². The normalized spacial score (nSPS) is 25.2. The summed E-state index contributed by atoms with van der Waals surface area (Å²) in [5.74, 6) is 0.228. The number of carbonyl (C=O) groups is 2. The second-order valence-electron chi connectivity index (χ2n) is 8.61. The van der Waals surface area contributed by atoms with Crippen molar-refractivity contribution in [3.8, 4) is 0 Å². The molecule has 0 spiro atoms. The van der Waals surface area contributed by atoms with Crippen LogP contribution in [-0.2, 0) is 25.5 Å². The molecule has 0 aromatic heterocycles. The number of cyclic esters (lactones) is 1. The van der Waals surface area contributed by atoms with Crippen molar-refractivity contribution < 1.29 is 23.9 Å². The number of hydrogen-bond acceptors (Lipinski definition) is 6. The first kappa shape index (κ1) is 21.3. The number of rotatable bonds is 10. The Balaban J connectivity index is 1.37. The van der Waals surface area contributed by atoms with Crippen molar-refractivity contribution in [2.45, 2.75) is 63.7 Å². The number of hydroxylamine groups is 1. The summed E-state index contributed by atoms with van der Waals surface area (Å²) in [5, 5.41) is 0. The number of nitrogens with one attached hydrogen (secondary N) is 1. The number of carbonyl (C=O) groups excluding carboxylic acids is 2. The Bertz CT molecular complexity index is 703. The van der Waals surface area contributed by atoms with E-state index in [1.54, 1.807) is 0 Å². The predicted octanol–water partition coefficient (Wildman–Crippen LogP) is 3.43. The van der Waals surface area contributed by atoms with Gasteiger partial charge in [0.1, 0.15) is 6.61 Å². The molecule has 7 nitrogen and oxygen atoms in total. The highest BCUT2D eigenvalue weighted by molar-refractivity contribution is 5.95. The Morgan fingerprint density at radius 2 is 2.03 bits per heavy atom. The molecule has 0 bridgehead atoms. The van der Waals surface area contributed by atoms with Crippen LogP contribution in [0.1, 0.15) is 50.5 Å². The van der Waals surface area contributed by atoms with Gasteiger partial charge in [-0.15, -0.1) is 0 Å². The van der Waals surface area contributed by atoms with Crippen LogP contribution in [-0.4, -0.2) is 49.0 Å². The molecular weight excluding hydrogens is 384 g/mol. The maximum Gasteiger partial charge on any atom is 0.416 e. The molecule has 0 radical (unpaired) electrons. The predicted molar refractivity (Wildman–Crippen MR) is 110 cm³/mol. The van der Waals surface area contributed by atoms with Crippen LogP contribution in [0.4, 0.5) is 4.79 Å². The fourth-order valence-corrected chi connectivity index (χ4v) is 4.17. The summed E-state index contributed by atoms with van der Waals surface area (Å²) in [6.45, 7) is 1.32. The van der Waals surface area contributed by atoms with Crippen molar-refractivity contribution in [3.63, 3.8) is 0 Å². The molecule has 2 saturated heterocycles. The van der Waals surface area contributed by atoms with Crippen molar-refractivity contribution >= 4 is 12.0 Å². The molecule has 164 valence electrons. The van der Waals surface area contributed by atoms with E-state index >= 15 is 0 Å². The van der Waals surface area contributed by atoms with Gasteiger partial charge < -0.3 is 9.47 Å². The molecule has 2 heterocycles. The Morgan fingerprint density at radius 3 is 2.77 bits per heavy atom. The first-order valence-corrected chi connectivity index (χ1v) is 11.2. The third-order valence-corrected chi connectivity index (χ3v) is 6.16. The average Bonchev–Trinajstić information content (AvgIpc) is 3.53. The molecule has 1 aromatic carbocycles. The standard InChI is InChI=1S/C23H32N2O5/c26-22(25-20(16-29-23(25)27)14-18-6-2-1-3-7-18)19(12-11-17-9-10-17)15-24-30-21-8-4-5-13-28-21/h1-3,6-7,17,19-21,24H,4-5,8-16H2/t19-,20+,21?/m1/s1. The molecule has 3 fully saturated rings. The van der Waals surface area contributed by atoms with Gasteiger partial charge in [-0.2, -0.15) is 5.48 Å². The molecule has 4 rings (SSSR count). The maximum atomic E-state index is 13.4. The van der Waals surface area contributed by atoms with E-state index in [0.29, 0.717) is 25.5 Å². The van der Waals surface area contributed by atoms with Crippen LogP contribution in [0.25, 0.3) is 0 Å². The van der Waals surface area contributed by atoms with Gasteiger partial charge in [-0.3, -0.25) is 9.63 Å². The van der Waals surface area contributed by atoms with Gasteiger partial charge in [-0.1, -0.05) is 43.2 Å². The highest BCUT2D eigenvalue weighted by atomic mass is 16.8. The third kappa shape index (κ3) is 5.80. The molecule has 1 aliphatic carbocycles. The van der Waals surface area contributed by atoms with Crippen LogP contribution < -0.4 is 5.48 Å². The van der Waals surface area contributed by atoms with E-state index in [1.165, 1.54) is 17.7 Å². The Kier molecular flexibility index (Phi) is 7.36. The Labute approximate surface area is 178 Å². The number of hydrogen-bond donors (Lipinski definition) is 1. The fraction of sp³-hybridized carbons (Fsp3) is 0.652. The molecule has 3 aliphatic rings. The molecule has 3 atom stereocenters. The smallest absolute Gasteiger partial charge is 0.416 e. The van der Waals surface area contributed by atoms with Gasteiger partial charge in [0.2, 0.25) is 5.91 Å². The Morgan fingerprint density at radius 1 is 1.20 bits per heavy atom. The van der Waals surface area contributed by atoms with Crippen LogP contribution in [0.2, 0.25) is 0 Å². The van der Waals surface area contributed by atoms with Gasteiger partial charge in [-0.05, 0) is 43.6 Å². The molecule has 1 N–H and O–H groups in total. The highest BCUT2D eigenvalue weighted by Gasteiger charge is 2.41. The lowest BCUT2D eigenvalue weighted by Gasteiger charge is -2.27. The average molecular weight is 417 g/mol. The van der Waals surface area contributed by atoms with Crippen LogP contribution in [0, 0.1) is 11.8 Å². The lowest BCUT2D eigenvalue weighted by atomic mass is 9.98. The van der Waals surface area contributed by atoms with E-state index < -0.39 is 6.09 Å². The second kappa shape index (κ2) is 10.4. The zero-order valence-corrected chi connectivity index (χ0v) is 17.5. The van der Waals surface area contributed by atoms with E-state index in [4.69, 9.17) is 14.3 Å². The van der Waals surface area contributed by atoms with Gasteiger partial charge >= 0.3 is 6.09 Å². The monoisotopic (exact) mass is 416 g/mol. The Hall–Kier alpha value is -1.96. The van der Waals surface area contributed by atoms with Crippen molar-refractivity contribution in [1.82, 2.24) is 10.4 Å². The number of imide groups is 1. The molecule has 1 unspecified atom stereocenters. The lowest BCUT2D eigenvalue weighted by Crippen LogP contribution is -2.46. The number of ether oxygens (including phenoxy) is 2. The van der Waals surface area contributed by atoms with Crippen molar-refractivity contribution in [2.75, 3.05) is 19.8 Å². The van der Waals surface area contributed by atoms with E-state index in [2.05, 4.69) is 5.48 Å². The van der Waals surface area contributed by atoms with E-state index in [1.807, 2.05) is 30.3 Å². The minimum atomic E-state index is -0.533. The van der Waals surface area contributed by atoms with Gasteiger partial charge in [0.15, 0.2) is 6.29 Å². The summed E-state index contributed by atoms with van der Waals surface area (Å²) < 4.78 is 10.8. The van der Waals surface area contributed by atoms with Crippen LogP contribution >= 0.6 is 0 Å². The largest absolute Gasteiger partial charge is 0.447 e. The first-order chi connectivity index (χ1) is 14.7. The summed E-state index contributed by atoms with van der Waals surface area (Å²) in [7, 11) is 0. The highest BCUT2D eigenvalue weighted by Crippen LogP contribution is 2.35. The maximum absolute atomic E-state index is 13.4. The zero-order valence-electron chi connectivity index (χ0n) is 17.5. The molecule has 1 saturated carbocycles. The third-order valence-electron chi connectivity index (χ3n) is 6.16. The summed E-state index contributed by atoms with van der Waals surface area (Å²) in [6.07, 6.45) is 7.02. The summed E-state index contributed by atoms with van der Waals surface area (Å²) >= 11 is 0. The van der Waals surface area contributed by atoms with Crippen LogP contribution in [0.15, 0.2) is 30.3 Å². The quantitative estimate of drug-likeness (QED) is 0.589. The van der Waals surface area contributed by atoms with Crippen molar-refractivity contribution in [2.24, 2.45) is 11.8 Å². The molecule has 1 aromatic rings. The molecule has 7 heteroatoms. The first-order valence-electron chi connectivity index (χ1n) is 11.2. The summed E-state index contributed by atoms with van der Waals surface area (Å²) in [6, 6.07) is 9.64. The van der Waals surface area contributed by atoms with Crippen molar-refractivity contribution in [3.05, 3.63) is 35.9 Å². The molecule has 2 aliphatic heterocycles. The molecule has 30 heavy (non-hydrogen) atoms. The molecular formula is C23H32N2O5. The number of nitrogens with zero attached hydrogens (tertiary/aromatic N) is 1. The van der Waals surface area contributed by atoms with E-state index in [9.17, 15) is 9.59 Å². The number of amides is 2.